The van der Waals surface area contributed by atoms with Gasteiger partial charge in [0, 0.05) is 25.7 Å². The summed E-state index contributed by atoms with van der Waals surface area (Å²) in [5, 5.41) is 3.48. The highest BCUT2D eigenvalue weighted by atomic mass is 15.1. The summed E-state index contributed by atoms with van der Waals surface area (Å²) in [6.45, 7) is 8.11. The Balaban J connectivity index is 1.96. The summed E-state index contributed by atoms with van der Waals surface area (Å²) in [5.74, 6) is 0.743. The summed E-state index contributed by atoms with van der Waals surface area (Å²) < 4.78 is 0. The summed E-state index contributed by atoms with van der Waals surface area (Å²) >= 11 is 0. The molecule has 0 radical (unpaired) electrons. The zero-order chi connectivity index (χ0) is 13.0. The molecule has 0 aliphatic carbocycles. The fourth-order valence-corrected chi connectivity index (χ4v) is 2.83. The Morgan fingerprint density at radius 1 is 1.28 bits per heavy atom. The summed E-state index contributed by atoms with van der Waals surface area (Å²) in [6, 6.07) is 9.48. The van der Waals surface area contributed by atoms with Gasteiger partial charge in [-0.2, -0.15) is 0 Å². The molecule has 1 N–H and O–H groups in total. The fourth-order valence-electron chi connectivity index (χ4n) is 2.83. The molecule has 2 heteroatoms. The molecule has 2 rings (SSSR count). The van der Waals surface area contributed by atoms with E-state index in [-0.39, 0.29) is 0 Å². The van der Waals surface area contributed by atoms with Crippen LogP contribution in [0.25, 0.3) is 0 Å². The molecule has 0 saturated heterocycles. The van der Waals surface area contributed by atoms with Gasteiger partial charge in [0.1, 0.15) is 0 Å². The number of nitrogens with zero attached hydrogens (tertiary/aromatic N) is 1. The number of fused-ring (bicyclic) bond motifs is 1. The minimum atomic E-state index is 0.611. The Hall–Kier alpha value is -0.860. The Morgan fingerprint density at radius 2 is 2.00 bits per heavy atom. The number of hydrogen-bond acceptors (Lipinski definition) is 2. The van der Waals surface area contributed by atoms with Crippen LogP contribution >= 0.6 is 0 Å². The highest BCUT2D eigenvalue weighted by Gasteiger charge is 2.21. The first-order valence-electron chi connectivity index (χ1n) is 7.21. The number of rotatable bonds is 5. The smallest absolute Gasteiger partial charge is 0.0237 e. The van der Waals surface area contributed by atoms with E-state index in [1.807, 2.05) is 0 Å². The SMILES string of the molecule is CCC(C)C(CN1CCc2ccccc2C1)NC. The maximum Gasteiger partial charge on any atom is 0.0237 e. The molecule has 0 saturated carbocycles. The lowest BCUT2D eigenvalue weighted by Gasteiger charge is -2.33. The first kappa shape index (κ1) is 13.6. The van der Waals surface area contributed by atoms with E-state index < -0.39 is 0 Å². The van der Waals surface area contributed by atoms with E-state index in [0.717, 1.165) is 12.5 Å². The molecule has 0 aromatic heterocycles. The lowest BCUT2D eigenvalue weighted by Crippen LogP contribution is -2.44. The normalized spacial score (nSPS) is 19.3. The van der Waals surface area contributed by atoms with E-state index in [4.69, 9.17) is 0 Å². The largest absolute Gasteiger partial charge is 0.315 e. The third kappa shape index (κ3) is 3.12. The number of nitrogens with one attached hydrogen (secondary N) is 1. The van der Waals surface area contributed by atoms with Crippen LogP contribution in [-0.2, 0) is 13.0 Å². The van der Waals surface area contributed by atoms with Gasteiger partial charge in [-0.15, -0.1) is 0 Å². The van der Waals surface area contributed by atoms with Crippen LogP contribution in [0.2, 0.25) is 0 Å². The Bertz CT molecular complexity index is 375. The van der Waals surface area contributed by atoms with Crippen molar-refractivity contribution in [1.82, 2.24) is 10.2 Å². The van der Waals surface area contributed by atoms with Crippen molar-refractivity contribution in [2.24, 2.45) is 5.92 Å². The molecule has 1 aromatic rings. The van der Waals surface area contributed by atoms with Crippen molar-refractivity contribution in [1.29, 1.82) is 0 Å². The molecule has 2 unspecified atom stereocenters. The van der Waals surface area contributed by atoms with Gasteiger partial charge in [-0.3, -0.25) is 4.90 Å². The van der Waals surface area contributed by atoms with Crippen molar-refractivity contribution in [3.63, 3.8) is 0 Å². The molecule has 1 aromatic carbocycles. The van der Waals surface area contributed by atoms with Gasteiger partial charge in [0.25, 0.3) is 0 Å². The lowest BCUT2D eigenvalue weighted by molar-refractivity contribution is 0.201. The minimum absolute atomic E-state index is 0.611. The average Bonchev–Trinajstić information content (AvgIpc) is 2.43. The molecule has 18 heavy (non-hydrogen) atoms. The van der Waals surface area contributed by atoms with E-state index in [9.17, 15) is 0 Å². The standard InChI is InChI=1S/C16H26N2/c1-4-13(2)16(17-3)12-18-10-9-14-7-5-6-8-15(14)11-18/h5-8,13,16-17H,4,9-12H2,1-3H3. The third-order valence-corrected chi connectivity index (χ3v) is 4.37. The molecule has 1 heterocycles. The van der Waals surface area contributed by atoms with Crippen LogP contribution in [0.4, 0.5) is 0 Å². The van der Waals surface area contributed by atoms with E-state index >= 15 is 0 Å². The molecule has 1 aliphatic heterocycles. The van der Waals surface area contributed by atoms with Crippen molar-refractivity contribution in [2.45, 2.75) is 39.3 Å². The van der Waals surface area contributed by atoms with E-state index in [0.29, 0.717) is 6.04 Å². The molecule has 0 fully saturated rings. The van der Waals surface area contributed by atoms with Crippen LogP contribution < -0.4 is 5.32 Å². The van der Waals surface area contributed by atoms with Crippen LogP contribution in [-0.4, -0.2) is 31.1 Å². The van der Waals surface area contributed by atoms with Crippen molar-refractivity contribution in [3.05, 3.63) is 35.4 Å². The van der Waals surface area contributed by atoms with Crippen LogP contribution in [0.5, 0.6) is 0 Å². The maximum absolute atomic E-state index is 3.48. The Morgan fingerprint density at radius 3 is 2.67 bits per heavy atom. The van der Waals surface area contributed by atoms with Gasteiger partial charge < -0.3 is 5.32 Å². The van der Waals surface area contributed by atoms with Gasteiger partial charge in [0.2, 0.25) is 0 Å². The van der Waals surface area contributed by atoms with E-state index in [2.05, 4.69) is 55.4 Å². The maximum atomic E-state index is 3.48. The monoisotopic (exact) mass is 246 g/mol. The molecular weight excluding hydrogens is 220 g/mol. The van der Waals surface area contributed by atoms with Gasteiger partial charge in [-0.1, -0.05) is 44.5 Å². The topological polar surface area (TPSA) is 15.3 Å². The van der Waals surface area contributed by atoms with Gasteiger partial charge in [0.05, 0.1) is 0 Å². The van der Waals surface area contributed by atoms with Gasteiger partial charge in [-0.25, -0.2) is 0 Å². The molecule has 0 amide bonds. The van der Waals surface area contributed by atoms with Gasteiger partial charge in [0.15, 0.2) is 0 Å². The predicted molar refractivity (Wildman–Crippen MR) is 77.7 cm³/mol. The van der Waals surface area contributed by atoms with Crippen molar-refractivity contribution in [3.8, 4) is 0 Å². The van der Waals surface area contributed by atoms with Crippen LogP contribution in [0.15, 0.2) is 24.3 Å². The van der Waals surface area contributed by atoms with E-state index in [1.54, 1.807) is 5.56 Å². The summed E-state index contributed by atoms with van der Waals surface area (Å²) in [4.78, 5) is 2.59. The molecule has 100 valence electrons. The number of benzene rings is 1. The first-order chi connectivity index (χ1) is 8.74. The minimum Gasteiger partial charge on any atom is -0.315 e. The zero-order valence-corrected chi connectivity index (χ0v) is 11.9. The molecular formula is C16H26N2. The predicted octanol–water partition coefficient (Wildman–Crippen LogP) is 2.68. The number of likely N-dealkylation sites (N-methyl/N-ethyl adjacent to an activating group) is 1. The van der Waals surface area contributed by atoms with Crippen molar-refractivity contribution < 1.29 is 0 Å². The average molecular weight is 246 g/mol. The molecule has 0 spiro atoms. The molecule has 2 atom stereocenters. The zero-order valence-electron chi connectivity index (χ0n) is 11.9. The first-order valence-corrected chi connectivity index (χ1v) is 7.21. The summed E-state index contributed by atoms with van der Waals surface area (Å²) in [7, 11) is 2.09. The van der Waals surface area contributed by atoms with Gasteiger partial charge in [-0.05, 0) is 30.5 Å². The van der Waals surface area contributed by atoms with Crippen molar-refractivity contribution in [2.75, 3.05) is 20.1 Å². The van der Waals surface area contributed by atoms with Crippen LogP contribution in [0.1, 0.15) is 31.4 Å². The Labute approximate surface area is 111 Å². The second-order valence-corrected chi connectivity index (χ2v) is 5.53. The van der Waals surface area contributed by atoms with Crippen LogP contribution in [0.3, 0.4) is 0 Å². The van der Waals surface area contributed by atoms with E-state index in [1.165, 1.54) is 31.5 Å². The van der Waals surface area contributed by atoms with Crippen molar-refractivity contribution >= 4 is 0 Å². The fraction of sp³-hybridized carbons (Fsp3) is 0.625. The quantitative estimate of drug-likeness (QED) is 0.859. The van der Waals surface area contributed by atoms with Crippen LogP contribution in [0, 0.1) is 5.92 Å². The highest BCUT2D eigenvalue weighted by molar-refractivity contribution is 5.29. The second kappa shape index (κ2) is 6.35. The van der Waals surface area contributed by atoms with Gasteiger partial charge >= 0.3 is 0 Å². The second-order valence-electron chi connectivity index (χ2n) is 5.53. The highest BCUT2D eigenvalue weighted by Crippen LogP contribution is 2.19. The lowest BCUT2D eigenvalue weighted by atomic mass is 9.96. The molecule has 0 bridgehead atoms. The molecule has 2 nitrogen and oxygen atoms in total. The third-order valence-electron chi connectivity index (χ3n) is 4.37. The Kier molecular flexibility index (Phi) is 4.79. The molecule has 1 aliphatic rings. The number of hydrogen-bond donors (Lipinski definition) is 1. The summed E-state index contributed by atoms with van der Waals surface area (Å²) in [6.07, 6.45) is 2.45. The summed E-state index contributed by atoms with van der Waals surface area (Å²) in [5.41, 5.74) is 3.06.